The number of hydrogen-bond donors (Lipinski definition) is 0. The summed E-state index contributed by atoms with van der Waals surface area (Å²) in [4.78, 5) is 0. The van der Waals surface area contributed by atoms with Crippen molar-refractivity contribution in [3.63, 3.8) is 0 Å². The second-order valence-corrected chi connectivity index (χ2v) is 1.91. The van der Waals surface area contributed by atoms with Crippen molar-refractivity contribution < 1.29 is 37.4 Å². The molecule has 0 bridgehead atoms. The summed E-state index contributed by atoms with van der Waals surface area (Å²) >= 11 is 0. The van der Waals surface area contributed by atoms with Gasteiger partial charge in [-0.3, -0.25) is 0 Å². The fraction of sp³-hybridized carbons (Fsp3) is 0.429. The molecule has 0 amide bonds. The van der Waals surface area contributed by atoms with Crippen LogP contribution in [-0.2, 0) is 37.4 Å². The number of hydrogen-bond acceptors (Lipinski definition) is 1. The van der Waals surface area contributed by atoms with Gasteiger partial charge in [-0.05, 0) is 0 Å². The third kappa shape index (κ3) is 3.37. The fourth-order valence-corrected chi connectivity index (χ4v) is 0.738. The van der Waals surface area contributed by atoms with E-state index in [2.05, 4.69) is 6.92 Å². The number of rotatable bonds is 2. The summed E-state index contributed by atoms with van der Waals surface area (Å²) < 4.78 is 4.88. The van der Waals surface area contributed by atoms with Crippen LogP contribution in [0.2, 0.25) is 0 Å². The topological polar surface area (TPSA) is 9.23 Å². The van der Waals surface area contributed by atoms with Crippen LogP contribution in [-0.4, -0.2) is 0 Å². The maximum absolute atomic E-state index is 4.88. The molecule has 1 rings (SSSR count). The first-order valence-electron chi connectivity index (χ1n) is 2.88. The molecule has 1 unspecified atom stereocenters. The van der Waals surface area contributed by atoms with Crippen molar-refractivity contribution in [2.45, 2.75) is 12.8 Å². The standard InChI is InChI=1S/C7H10O.Y/c1-2-3-7-4-5-8-6-7;/h4-7H,1-3H2;/q-2;. The molecule has 0 saturated heterocycles. The van der Waals surface area contributed by atoms with Gasteiger partial charge in [0.1, 0.15) is 0 Å². The summed E-state index contributed by atoms with van der Waals surface area (Å²) in [5.74, 6) is 0.521. The Hall–Kier alpha value is 0.644. The Morgan fingerprint density at radius 2 is 2.44 bits per heavy atom. The van der Waals surface area contributed by atoms with Gasteiger partial charge < -0.3 is 11.7 Å². The van der Waals surface area contributed by atoms with Crippen LogP contribution >= 0.6 is 0 Å². The first-order valence-corrected chi connectivity index (χ1v) is 2.88. The average Bonchev–Trinajstić information content (AvgIpc) is 2.19. The molecule has 0 aromatic heterocycles. The van der Waals surface area contributed by atoms with Crippen molar-refractivity contribution in [3.8, 4) is 0 Å². The minimum absolute atomic E-state index is 0. The summed E-state index contributed by atoms with van der Waals surface area (Å²) in [5, 5.41) is 0. The molecular formula is C7H10OY-2. The van der Waals surface area contributed by atoms with Gasteiger partial charge in [-0.2, -0.15) is 13.0 Å². The van der Waals surface area contributed by atoms with Gasteiger partial charge in [0.25, 0.3) is 0 Å². The summed E-state index contributed by atoms with van der Waals surface area (Å²) in [7, 11) is 0. The van der Waals surface area contributed by atoms with Crippen molar-refractivity contribution in [2.75, 3.05) is 0 Å². The molecule has 0 aliphatic carbocycles. The van der Waals surface area contributed by atoms with Crippen molar-refractivity contribution in [2.24, 2.45) is 5.92 Å². The van der Waals surface area contributed by atoms with Gasteiger partial charge in [0, 0.05) is 39.0 Å². The average molecular weight is 199 g/mol. The van der Waals surface area contributed by atoms with E-state index >= 15 is 0 Å². The molecule has 1 nitrogen and oxygen atoms in total. The van der Waals surface area contributed by atoms with E-state index in [9.17, 15) is 0 Å². The quantitative estimate of drug-likeness (QED) is 0.617. The molecule has 1 atom stereocenters. The zero-order valence-electron chi connectivity index (χ0n) is 5.42. The molecule has 1 aliphatic rings. The van der Waals surface area contributed by atoms with Crippen LogP contribution in [0.4, 0.5) is 0 Å². The summed E-state index contributed by atoms with van der Waals surface area (Å²) in [6, 6.07) is 0. The van der Waals surface area contributed by atoms with Gasteiger partial charge in [0.05, 0.1) is 0 Å². The molecule has 1 aliphatic heterocycles. The van der Waals surface area contributed by atoms with E-state index in [4.69, 9.17) is 4.74 Å². The molecule has 0 aromatic carbocycles. The second-order valence-electron chi connectivity index (χ2n) is 1.91. The minimum atomic E-state index is 0. The molecule has 0 spiro atoms. The molecular weight excluding hydrogens is 189 g/mol. The Bertz CT molecular complexity index is 90.9. The Balaban J connectivity index is 0.000000640. The summed E-state index contributed by atoms with van der Waals surface area (Å²) in [6.07, 6.45) is 5.86. The van der Waals surface area contributed by atoms with Crippen LogP contribution in [0.3, 0.4) is 0 Å². The molecule has 0 fully saturated rings. The molecule has 49 valence electrons. The normalized spacial score (nSPS) is 23.0. The van der Waals surface area contributed by atoms with E-state index in [0.29, 0.717) is 5.92 Å². The first-order chi connectivity index (χ1) is 3.93. The first kappa shape index (κ1) is 9.64. The van der Waals surface area contributed by atoms with Gasteiger partial charge in [-0.25, -0.2) is 0 Å². The molecule has 9 heavy (non-hydrogen) atoms. The zero-order valence-corrected chi connectivity index (χ0v) is 8.25. The summed E-state index contributed by atoms with van der Waals surface area (Å²) in [6.45, 7) is 5.58. The largest absolute Gasteiger partial charge is 0.667 e. The third-order valence-electron chi connectivity index (χ3n) is 1.20. The third-order valence-corrected chi connectivity index (χ3v) is 1.20. The van der Waals surface area contributed by atoms with Gasteiger partial charge in [0.2, 0.25) is 0 Å². The minimum Gasteiger partial charge on any atom is -0.667 e. The van der Waals surface area contributed by atoms with E-state index in [1.807, 2.05) is 12.7 Å². The Labute approximate surface area is 81.7 Å². The number of ether oxygens (including phenoxy) is 1. The van der Waals surface area contributed by atoms with E-state index in [1.54, 1.807) is 6.26 Å². The Morgan fingerprint density at radius 1 is 1.67 bits per heavy atom. The maximum Gasteiger partial charge on any atom is 0.0398 e. The predicted octanol–water partition coefficient (Wildman–Crippen LogP) is 1.92. The van der Waals surface area contributed by atoms with Gasteiger partial charge in [-0.1, -0.05) is 12.5 Å². The molecule has 1 radical (unpaired) electrons. The molecule has 2 heteroatoms. The molecule has 1 heterocycles. The summed E-state index contributed by atoms with van der Waals surface area (Å²) in [5.41, 5.74) is 0. The van der Waals surface area contributed by atoms with E-state index < -0.39 is 0 Å². The van der Waals surface area contributed by atoms with E-state index in [1.165, 1.54) is 0 Å². The van der Waals surface area contributed by atoms with Crippen LogP contribution in [0.1, 0.15) is 12.8 Å². The van der Waals surface area contributed by atoms with Crippen molar-refractivity contribution in [3.05, 3.63) is 25.9 Å². The van der Waals surface area contributed by atoms with Gasteiger partial charge in [-0.15, -0.1) is 5.92 Å². The van der Waals surface area contributed by atoms with Crippen LogP contribution in [0, 0.1) is 19.4 Å². The Kier molecular flexibility index (Phi) is 5.82. The van der Waals surface area contributed by atoms with Crippen molar-refractivity contribution in [1.29, 1.82) is 0 Å². The molecule has 0 saturated carbocycles. The smallest absolute Gasteiger partial charge is 0.0398 e. The fourth-order valence-electron chi connectivity index (χ4n) is 0.738. The van der Waals surface area contributed by atoms with E-state index in [-0.39, 0.29) is 32.7 Å². The predicted molar refractivity (Wildman–Crippen MR) is 32.6 cm³/mol. The molecule has 0 N–H and O–H groups in total. The van der Waals surface area contributed by atoms with Crippen LogP contribution in [0.25, 0.3) is 0 Å². The SMILES string of the molecule is [CH2-]CCC1C=CO[CH-]1.[Y]. The van der Waals surface area contributed by atoms with Gasteiger partial charge >= 0.3 is 0 Å². The van der Waals surface area contributed by atoms with Gasteiger partial charge in [0.15, 0.2) is 0 Å². The van der Waals surface area contributed by atoms with Crippen LogP contribution < -0.4 is 0 Å². The maximum atomic E-state index is 4.88. The second kappa shape index (κ2) is 5.43. The van der Waals surface area contributed by atoms with Crippen molar-refractivity contribution >= 4 is 0 Å². The van der Waals surface area contributed by atoms with E-state index in [0.717, 1.165) is 12.8 Å². The molecule has 0 aromatic rings. The van der Waals surface area contributed by atoms with Crippen LogP contribution in [0.5, 0.6) is 0 Å². The zero-order chi connectivity index (χ0) is 5.82. The van der Waals surface area contributed by atoms with Crippen molar-refractivity contribution in [1.82, 2.24) is 0 Å². The Morgan fingerprint density at radius 3 is 2.89 bits per heavy atom. The van der Waals surface area contributed by atoms with Crippen LogP contribution in [0.15, 0.2) is 12.3 Å². The monoisotopic (exact) mass is 199 g/mol.